The maximum absolute atomic E-state index is 12.5. The van der Waals surface area contributed by atoms with Gasteiger partial charge < -0.3 is 4.74 Å². The first-order chi connectivity index (χ1) is 12.7. The van der Waals surface area contributed by atoms with Crippen LogP contribution in [-0.2, 0) is 0 Å². The first kappa shape index (κ1) is 21.7. The third kappa shape index (κ3) is 5.69. The van der Waals surface area contributed by atoms with Gasteiger partial charge in [0.1, 0.15) is 17.6 Å². The van der Waals surface area contributed by atoms with Crippen LogP contribution in [0.1, 0.15) is 37.3 Å². The van der Waals surface area contributed by atoms with E-state index in [0.717, 1.165) is 12.0 Å². The van der Waals surface area contributed by atoms with Crippen molar-refractivity contribution < 1.29 is 9.13 Å². The van der Waals surface area contributed by atoms with Crippen LogP contribution in [0.3, 0.4) is 0 Å². The van der Waals surface area contributed by atoms with Gasteiger partial charge in [-0.15, -0.1) is 0 Å². The van der Waals surface area contributed by atoms with Crippen molar-refractivity contribution >= 4 is 24.0 Å². The molecule has 0 aromatic heterocycles. The number of rotatable bonds is 4. The molecule has 3 rings (SSSR count). The van der Waals surface area contributed by atoms with E-state index < -0.39 is 26.3 Å². The van der Waals surface area contributed by atoms with E-state index in [9.17, 15) is 4.39 Å². The van der Waals surface area contributed by atoms with Gasteiger partial charge in [-0.3, -0.25) is 0 Å². The summed E-state index contributed by atoms with van der Waals surface area (Å²) >= 11 is -1.52. The molecule has 1 saturated carbocycles. The standard InChI is InChI=1S/C11H13.C8H6FNO.CH5N2.CH3.Sb/c1-11(2)8-10(11)9-6-4-3-5-7-9;1-11-8-3-2-7(9)4-6(8)5-10;1-3-2;;/h4-7,10H,8H2,1-2H3;2-4H,1H3;2H2,1H3;1H3;/q;;-1;;+1. The molecule has 2 aromatic carbocycles. The van der Waals surface area contributed by atoms with Crippen molar-refractivity contribution in [2.75, 3.05) is 14.2 Å². The zero-order valence-corrected chi connectivity index (χ0v) is 19.1. The van der Waals surface area contributed by atoms with Crippen molar-refractivity contribution in [1.82, 2.24) is 3.17 Å². The molecule has 2 aromatic rings. The molecule has 144 valence electrons. The first-order valence-electron chi connectivity index (χ1n) is 8.75. The average molecular weight is 478 g/mol. The zero-order chi connectivity index (χ0) is 20.2. The second-order valence-electron chi connectivity index (χ2n) is 7.39. The van der Waals surface area contributed by atoms with Crippen molar-refractivity contribution in [3.8, 4) is 11.8 Å². The minimum atomic E-state index is -1.52. The fourth-order valence-electron chi connectivity index (χ4n) is 2.91. The molecule has 0 bridgehead atoms. The monoisotopic (exact) mass is 477 g/mol. The van der Waals surface area contributed by atoms with Gasteiger partial charge in [0.25, 0.3) is 0 Å². The van der Waals surface area contributed by atoms with E-state index in [0.29, 0.717) is 11.2 Å². The van der Waals surface area contributed by atoms with Gasteiger partial charge >= 0.3 is 106 Å². The molecule has 0 aliphatic heterocycles. The van der Waals surface area contributed by atoms with E-state index >= 15 is 0 Å². The summed E-state index contributed by atoms with van der Waals surface area (Å²) in [6.07, 6.45) is 1.33. The fourth-order valence-corrected chi connectivity index (χ4v) is 5.60. The molecule has 0 amide bonds. The molecule has 6 heteroatoms. The van der Waals surface area contributed by atoms with Crippen LogP contribution < -0.4 is 14.1 Å². The summed E-state index contributed by atoms with van der Waals surface area (Å²) in [6.45, 7) is 4.69. The number of ether oxygens (including phenoxy) is 1. The second-order valence-corrected chi connectivity index (χ2v) is 13.7. The van der Waals surface area contributed by atoms with Gasteiger partial charge in [0.2, 0.25) is 0 Å². The summed E-state index contributed by atoms with van der Waals surface area (Å²) in [5, 5.41) is 8.48. The van der Waals surface area contributed by atoms with Crippen molar-refractivity contribution in [2.45, 2.75) is 31.1 Å². The SMILES string of the molecule is COc1ccc(F)cc1C#N.C[N](N)[Sb]([CH3])[c]1ccc(C2CC2(C)C)cc1. The molecular weight excluding hydrogens is 451 g/mol. The predicted octanol–water partition coefficient (Wildman–Crippen LogP) is 3.54. The first-order valence-corrected chi connectivity index (χ1v) is 13.7. The Morgan fingerprint density at radius 1 is 1.26 bits per heavy atom. The molecule has 1 fully saturated rings. The van der Waals surface area contributed by atoms with Gasteiger partial charge in [-0.05, 0) is 18.2 Å². The fraction of sp³-hybridized carbons (Fsp3) is 0.381. The molecule has 1 aliphatic carbocycles. The predicted molar refractivity (Wildman–Crippen MR) is 108 cm³/mol. The van der Waals surface area contributed by atoms with E-state index in [-0.39, 0.29) is 5.56 Å². The third-order valence-electron chi connectivity index (χ3n) is 4.94. The van der Waals surface area contributed by atoms with Gasteiger partial charge in [-0.1, -0.05) is 0 Å². The van der Waals surface area contributed by atoms with Crippen LogP contribution in [-0.4, -0.2) is 37.8 Å². The third-order valence-corrected chi connectivity index (χ3v) is 10.6. The van der Waals surface area contributed by atoms with Crippen molar-refractivity contribution in [3.63, 3.8) is 0 Å². The number of hydrogen-bond acceptors (Lipinski definition) is 4. The van der Waals surface area contributed by atoms with Crippen LogP contribution in [0.5, 0.6) is 5.75 Å². The van der Waals surface area contributed by atoms with Crippen LogP contribution in [0.25, 0.3) is 0 Å². The van der Waals surface area contributed by atoms with Gasteiger partial charge in [0.05, 0.1) is 12.7 Å². The maximum atomic E-state index is 12.5. The van der Waals surface area contributed by atoms with Crippen LogP contribution in [0.15, 0.2) is 42.5 Å². The van der Waals surface area contributed by atoms with Crippen molar-refractivity contribution in [2.24, 2.45) is 11.3 Å². The molecule has 0 spiro atoms. The zero-order valence-electron chi connectivity index (χ0n) is 16.5. The van der Waals surface area contributed by atoms with Gasteiger partial charge in [-0.25, -0.2) is 4.39 Å². The number of hydrogen-bond donors (Lipinski definition) is 1. The molecule has 0 heterocycles. The van der Waals surface area contributed by atoms with Crippen molar-refractivity contribution in [3.05, 3.63) is 59.4 Å². The number of hydrazine groups is 1. The molecule has 0 saturated heterocycles. The Kier molecular flexibility index (Phi) is 7.28. The van der Waals surface area contributed by atoms with Crippen LogP contribution in [0.4, 0.5) is 4.39 Å². The number of halogens is 1. The molecule has 1 unspecified atom stereocenters. The van der Waals surface area contributed by atoms with Gasteiger partial charge in [0.15, 0.2) is 0 Å². The van der Waals surface area contributed by atoms with Crippen LogP contribution >= 0.6 is 0 Å². The molecule has 0 radical (unpaired) electrons. The van der Waals surface area contributed by atoms with Crippen LogP contribution in [0.2, 0.25) is 4.87 Å². The minimum absolute atomic E-state index is 0.215. The second kappa shape index (κ2) is 9.06. The van der Waals surface area contributed by atoms with Gasteiger partial charge in [0, 0.05) is 0 Å². The summed E-state index contributed by atoms with van der Waals surface area (Å²) in [4.78, 5) is 2.30. The van der Waals surface area contributed by atoms with E-state index in [1.165, 1.54) is 34.7 Å². The molecule has 27 heavy (non-hydrogen) atoms. The summed E-state index contributed by atoms with van der Waals surface area (Å²) in [6, 6.07) is 14.8. The van der Waals surface area contributed by atoms with Gasteiger partial charge in [-0.2, -0.15) is 5.26 Å². The molecule has 1 aliphatic rings. The molecule has 2 N–H and O–H groups in total. The summed E-state index contributed by atoms with van der Waals surface area (Å²) < 4.78 is 20.7. The Hall–Kier alpha value is -1.60. The van der Waals surface area contributed by atoms with Crippen LogP contribution in [0, 0.1) is 22.6 Å². The number of benzene rings is 2. The quantitative estimate of drug-likeness (QED) is 0.415. The molecule has 4 nitrogen and oxygen atoms in total. The van der Waals surface area contributed by atoms with Crippen molar-refractivity contribution in [1.29, 1.82) is 5.26 Å². The number of methoxy groups -OCH3 is 1. The number of nitrogens with zero attached hydrogens (tertiary/aromatic N) is 2. The Morgan fingerprint density at radius 3 is 2.30 bits per heavy atom. The Morgan fingerprint density at radius 2 is 1.85 bits per heavy atom. The molecular formula is C21H27FN3OSb. The summed E-state index contributed by atoms with van der Waals surface area (Å²) in [5.41, 5.74) is 2.24. The number of nitriles is 1. The normalized spacial score (nSPS) is 17.1. The topological polar surface area (TPSA) is 62.3 Å². The summed E-state index contributed by atoms with van der Waals surface area (Å²) in [7, 11) is 3.43. The Bertz CT molecular complexity index is 794. The summed E-state index contributed by atoms with van der Waals surface area (Å²) in [5.74, 6) is 6.58. The number of nitrogens with two attached hydrogens (primary N) is 1. The van der Waals surface area contributed by atoms with E-state index in [1.54, 1.807) is 0 Å². The molecule has 1 atom stereocenters. The van der Waals surface area contributed by atoms with E-state index in [2.05, 4.69) is 43.0 Å². The average Bonchev–Trinajstić information content (AvgIpc) is 3.29. The Labute approximate surface area is 169 Å². The van der Waals surface area contributed by atoms with E-state index in [1.807, 2.05) is 16.3 Å². The van der Waals surface area contributed by atoms with E-state index in [4.69, 9.17) is 15.8 Å². The Balaban J connectivity index is 0.000000208.